The molecule has 0 unspecified atom stereocenters. The van der Waals surface area contributed by atoms with E-state index in [1.165, 1.54) is 36.3 Å². The van der Waals surface area contributed by atoms with Gasteiger partial charge in [-0.2, -0.15) is 0 Å². The minimum atomic E-state index is -1.26. The largest absolute Gasteiger partial charge is 0.138 e. The molecule has 0 heterocycles. The van der Waals surface area contributed by atoms with Crippen LogP contribution in [0.1, 0.15) is 41.5 Å². The molecule has 0 aromatic carbocycles. The van der Waals surface area contributed by atoms with Crippen LogP contribution in [0.25, 0.3) is 0 Å². The van der Waals surface area contributed by atoms with Crippen molar-refractivity contribution in [1.82, 2.24) is 0 Å². The zero-order valence-electron chi connectivity index (χ0n) is 14.6. The lowest BCUT2D eigenvalue weighted by Gasteiger charge is -2.23. The van der Waals surface area contributed by atoms with Gasteiger partial charge in [0.2, 0.25) is 0 Å². The summed E-state index contributed by atoms with van der Waals surface area (Å²) < 4.78 is 0. The van der Waals surface area contributed by atoms with Crippen molar-refractivity contribution in [3.8, 4) is 11.5 Å². The van der Waals surface area contributed by atoms with Gasteiger partial charge in [0, 0.05) is 0 Å². The zero-order valence-corrected chi connectivity index (χ0v) is 16.6. The first kappa shape index (κ1) is 19.5. The number of rotatable bonds is 8. The van der Waals surface area contributed by atoms with Gasteiger partial charge in [0.25, 0.3) is 0 Å². The first-order valence-corrected chi connectivity index (χ1v) is 13.8. The summed E-state index contributed by atoms with van der Waals surface area (Å²) in [6.45, 7) is 14.0. The minimum Gasteiger partial charge on any atom is -0.127 e. The zero-order chi connectivity index (χ0) is 15.5. The van der Waals surface area contributed by atoms with Crippen LogP contribution in [0.4, 0.5) is 0 Å². The molecule has 0 nitrogen and oxygen atoms in total. The maximum atomic E-state index is 3.60. The second kappa shape index (κ2) is 10.2. The van der Waals surface area contributed by atoms with Crippen LogP contribution < -0.4 is 0 Å². The van der Waals surface area contributed by atoms with Gasteiger partial charge in [0.05, 0.1) is 8.07 Å². The van der Waals surface area contributed by atoms with Crippen molar-refractivity contribution >= 4 is 16.1 Å². The fourth-order valence-corrected chi connectivity index (χ4v) is 7.82. The molecule has 0 saturated carbocycles. The molecule has 0 atom stereocenters. The van der Waals surface area contributed by atoms with Crippen molar-refractivity contribution in [3.05, 3.63) is 23.9 Å². The van der Waals surface area contributed by atoms with Crippen molar-refractivity contribution in [2.24, 2.45) is 0 Å². The monoisotopic (exact) mass is 306 g/mol. The molecule has 0 spiro atoms. The van der Waals surface area contributed by atoms with E-state index in [9.17, 15) is 0 Å². The second-order valence-corrected chi connectivity index (χ2v) is 15.9. The summed E-state index contributed by atoms with van der Waals surface area (Å²) in [5.41, 5.74) is 6.11. The highest BCUT2D eigenvalue weighted by atomic mass is 28.3. The van der Waals surface area contributed by atoms with E-state index in [1.807, 2.05) is 0 Å². The fourth-order valence-electron chi connectivity index (χ4n) is 2.68. The summed E-state index contributed by atoms with van der Waals surface area (Å²) in [7, 11) is -2.37. The summed E-state index contributed by atoms with van der Waals surface area (Å²) in [4.78, 5) is 0. The SMILES string of the molecule is CC[Si](C#C/C=C\C=C\[Si](CC)(CC)CC)(CC)CC. The van der Waals surface area contributed by atoms with E-state index in [1.54, 1.807) is 0 Å². The van der Waals surface area contributed by atoms with E-state index in [0.717, 1.165) is 0 Å². The molecule has 0 radical (unpaired) electrons. The molecular formula is C18H34Si2. The van der Waals surface area contributed by atoms with Crippen molar-refractivity contribution in [1.29, 1.82) is 0 Å². The number of hydrogen-bond acceptors (Lipinski definition) is 0. The first-order valence-electron chi connectivity index (χ1n) is 8.44. The van der Waals surface area contributed by atoms with E-state index in [2.05, 4.69) is 76.9 Å². The minimum absolute atomic E-state index is 1.11. The Morgan fingerprint density at radius 3 is 1.60 bits per heavy atom. The van der Waals surface area contributed by atoms with Gasteiger partial charge in [-0.1, -0.05) is 83.4 Å². The first-order chi connectivity index (χ1) is 9.57. The molecule has 0 saturated heterocycles. The molecule has 2 heteroatoms. The van der Waals surface area contributed by atoms with Crippen LogP contribution in [0.2, 0.25) is 36.3 Å². The topological polar surface area (TPSA) is 0 Å². The third kappa shape index (κ3) is 5.85. The Kier molecular flexibility index (Phi) is 9.97. The molecule has 0 aliphatic carbocycles. The van der Waals surface area contributed by atoms with Crippen LogP contribution in [-0.4, -0.2) is 16.1 Å². The van der Waals surface area contributed by atoms with Gasteiger partial charge in [-0.3, -0.25) is 0 Å². The molecule has 0 aliphatic heterocycles. The normalized spacial score (nSPS) is 12.9. The summed E-state index contributed by atoms with van der Waals surface area (Å²) in [5, 5.41) is 0. The van der Waals surface area contributed by atoms with Crippen LogP contribution in [0.15, 0.2) is 23.9 Å². The van der Waals surface area contributed by atoms with Gasteiger partial charge in [-0.25, -0.2) is 0 Å². The molecule has 20 heavy (non-hydrogen) atoms. The van der Waals surface area contributed by atoms with Crippen molar-refractivity contribution in [2.75, 3.05) is 0 Å². The molecular weight excluding hydrogens is 272 g/mol. The summed E-state index contributed by atoms with van der Waals surface area (Å²) in [5.74, 6) is 3.31. The molecule has 0 aromatic heterocycles. The van der Waals surface area contributed by atoms with Crippen LogP contribution in [0.3, 0.4) is 0 Å². The molecule has 0 bridgehead atoms. The molecule has 0 amide bonds. The maximum Gasteiger partial charge on any atom is 0.138 e. The maximum absolute atomic E-state index is 3.60. The second-order valence-electron chi connectivity index (χ2n) is 5.75. The van der Waals surface area contributed by atoms with Crippen LogP contribution in [0.5, 0.6) is 0 Å². The Balaban J connectivity index is 4.69. The Labute approximate surface area is 129 Å². The Hall–Kier alpha value is -0.526. The lowest BCUT2D eigenvalue weighted by atomic mass is 10.5. The third-order valence-electron chi connectivity index (χ3n) is 5.22. The lowest BCUT2D eigenvalue weighted by Crippen LogP contribution is -2.29. The molecule has 114 valence electrons. The molecule has 0 N–H and O–H groups in total. The highest BCUT2D eigenvalue weighted by Gasteiger charge is 2.24. The quantitative estimate of drug-likeness (QED) is 0.284. The number of allylic oxidation sites excluding steroid dienone is 3. The fraction of sp³-hybridized carbons (Fsp3) is 0.667. The van der Waals surface area contributed by atoms with Gasteiger partial charge in [-0.15, -0.1) is 5.54 Å². The van der Waals surface area contributed by atoms with Gasteiger partial charge in [0.1, 0.15) is 8.07 Å². The molecule has 0 rings (SSSR count). The van der Waals surface area contributed by atoms with Crippen molar-refractivity contribution < 1.29 is 0 Å². The van der Waals surface area contributed by atoms with Crippen LogP contribution in [0, 0.1) is 11.5 Å². The van der Waals surface area contributed by atoms with E-state index >= 15 is 0 Å². The standard InChI is InChI=1S/C18H34Si2/c1-7-19(8-2,9-3)17-15-13-14-16-18-20(10-4,11-5)12-6/h13-15,17H,7-12H2,1-6H3/b14-13-,17-15+. The smallest absolute Gasteiger partial charge is 0.127 e. The Bertz CT molecular complexity index is 344. The van der Waals surface area contributed by atoms with Crippen LogP contribution in [-0.2, 0) is 0 Å². The Morgan fingerprint density at radius 2 is 1.20 bits per heavy atom. The van der Waals surface area contributed by atoms with Gasteiger partial charge >= 0.3 is 0 Å². The summed E-state index contributed by atoms with van der Waals surface area (Å²) in [6.07, 6.45) is 6.46. The van der Waals surface area contributed by atoms with E-state index in [-0.39, 0.29) is 0 Å². The average molecular weight is 307 g/mol. The van der Waals surface area contributed by atoms with Crippen molar-refractivity contribution in [2.45, 2.75) is 77.8 Å². The number of hydrogen-bond donors (Lipinski definition) is 0. The summed E-state index contributed by atoms with van der Waals surface area (Å²) in [6, 6.07) is 7.92. The highest BCUT2D eigenvalue weighted by molar-refractivity contribution is 6.87. The third-order valence-corrected chi connectivity index (χ3v) is 15.1. The van der Waals surface area contributed by atoms with E-state index < -0.39 is 16.1 Å². The average Bonchev–Trinajstić information content (AvgIpc) is 2.52. The van der Waals surface area contributed by atoms with Crippen molar-refractivity contribution in [3.63, 3.8) is 0 Å². The molecule has 0 aromatic rings. The predicted molar refractivity (Wildman–Crippen MR) is 100 cm³/mol. The van der Waals surface area contributed by atoms with E-state index in [4.69, 9.17) is 0 Å². The molecule has 0 aliphatic rings. The van der Waals surface area contributed by atoms with Gasteiger partial charge < -0.3 is 0 Å². The van der Waals surface area contributed by atoms with E-state index in [0.29, 0.717) is 0 Å². The van der Waals surface area contributed by atoms with Gasteiger partial charge in [-0.05, 0) is 24.2 Å². The predicted octanol–water partition coefficient (Wildman–Crippen LogP) is 6.20. The lowest BCUT2D eigenvalue weighted by molar-refractivity contribution is 1.19. The Morgan fingerprint density at radius 1 is 0.700 bits per heavy atom. The molecule has 0 fully saturated rings. The highest BCUT2D eigenvalue weighted by Crippen LogP contribution is 2.21. The van der Waals surface area contributed by atoms with Gasteiger partial charge in [0.15, 0.2) is 0 Å². The van der Waals surface area contributed by atoms with Crippen LogP contribution >= 0.6 is 0 Å². The summed E-state index contributed by atoms with van der Waals surface area (Å²) >= 11 is 0.